The van der Waals surface area contributed by atoms with Crippen LogP contribution in [0.2, 0.25) is 5.02 Å². The molecule has 0 bridgehead atoms. The summed E-state index contributed by atoms with van der Waals surface area (Å²) in [6, 6.07) is 13.4. The van der Waals surface area contributed by atoms with E-state index < -0.39 is 0 Å². The van der Waals surface area contributed by atoms with E-state index in [0.717, 1.165) is 17.6 Å². The third-order valence-electron chi connectivity index (χ3n) is 4.64. The molecular formula is C22H15ClN4. The topological polar surface area (TPSA) is 51.6 Å². The highest BCUT2D eigenvalue weighted by molar-refractivity contribution is 6.30. The van der Waals surface area contributed by atoms with Gasteiger partial charge in [0.05, 0.1) is 0 Å². The molecule has 0 aliphatic heterocycles. The number of nitrogens with zero attached hydrogens (tertiary/aromatic N) is 4. The van der Waals surface area contributed by atoms with Crippen molar-refractivity contribution in [3.05, 3.63) is 89.4 Å². The van der Waals surface area contributed by atoms with Crippen LogP contribution in [0.25, 0.3) is 28.5 Å². The molecule has 1 aromatic carbocycles. The van der Waals surface area contributed by atoms with E-state index in [4.69, 9.17) is 21.6 Å². The van der Waals surface area contributed by atoms with Crippen LogP contribution in [0.5, 0.6) is 0 Å². The van der Waals surface area contributed by atoms with Crippen LogP contribution < -0.4 is 0 Å². The molecule has 1 atom stereocenters. The number of hydrogen-bond acceptors (Lipinski definition) is 4. The van der Waals surface area contributed by atoms with Crippen molar-refractivity contribution in [1.29, 1.82) is 0 Å². The Bertz CT molecular complexity index is 1120. The molecule has 2 aliphatic carbocycles. The van der Waals surface area contributed by atoms with Crippen LogP contribution in [0.3, 0.4) is 0 Å². The predicted molar refractivity (Wildman–Crippen MR) is 107 cm³/mol. The average molecular weight is 371 g/mol. The summed E-state index contributed by atoms with van der Waals surface area (Å²) >= 11 is 6.14. The van der Waals surface area contributed by atoms with Crippen molar-refractivity contribution in [2.75, 3.05) is 0 Å². The summed E-state index contributed by atoms with van der Waals surface area (Å²) in [5.74, 6) is 2.37. The molecule has 0 radical (unpaired) electrons. The third kappa shape index (κ3) is 3.32. The average Bonchev–Trinajstić information content (AvgIpc) is 3.48. The largest absolute Gasteiger partial charge is 0.253 e. The van der Waals surface area contributed by atoms with Crippen molar-refractivity contribution in [3.63, 3.8) is 0 Å². The van der Waals surface area contributed by atoms with Crippen molar-refractivity contribution < 1.29 is 0 Å². The Morgan fingerprint density at radius 2 is 1.70 bits per heavy atom. The summed E-state index contributed by atoms with van der Waals surface area (Å²) in [5.41, 5.74) is 3.96. The van der Waals surface area contributed by atoms with Crippen LogP contribution in [-0.2, 0) is 0 Å². The number of halogens is 1. The molecule has 2 aromatic heterocycles. The van der Waals surface area contributed by atoms with Crippen molar-refractivity contribution in [1.82, 2.24) is 19.9 Å². The van der Waals surface area contributed by atoms with E-state index in [0.29, 0.717) is 34.1 Å². The second-order valence-corrected chi connectivity index (χ2v) is 6.97. The number of fused-ring (bicyclic) bond motifs is 1. The van der Waals surface area contributed by atoms with Crippen LogP contribution >= 0.6 is 11.6 Å². The molecule has 27 heavy (non-hydrogen) atoms. The first-order valence-electron chi connectivity index (χ1n) is 8.80. The molecule has 0 spiro atoms. The number of rotatable bonds is 3. The van der Waals surface area contributed by atoms with Crippen molar-refractivity contribution in [3.8, 4) is 22.9 Å². The lowest BCUT2D eigenvalue weighted by molar-refractivity contribution is 0.923. The summed E-state index contributed by atoms with van der Waals surface area (Å²) in [7, 11) is 0. The number of pyridine rings is 1. The first-order valence-corrected chi connectivity index (χ1v) is 9.18. The molecule has 0 fully saturated rings. The van der Waals surface area contributed by atoms with E-state index >= 15 is 0 Å². The highest BCUT2D eigenvalue weighted by atomic mass is 35.5. The van der Waals surface area contributed by atoms with Gasteiger partial charge in [0, 0.05) is 28.3 Å². The Morgan fingerprint density at radius 3 is 2.56 bits per heavy atom. The van der Waals surface area contributed by atoms with Gasteiger partial charge < -0.3 is 0 Å². The quantitative estimate of drug-likeness (QED) is 0.639. The Balaban J connectivity index is 1.66. The number of hydrogen-bond donors (Lipinski definition) is 0. The van der Waals surface area contributed by atoms with Gasteiger partial charge in [0.25, 0.3) is 0 Å². The predicted octanol–water partition coefficient (Wildman–Crippen LogP) is 5.15. The van der Waals surface area contributed by atoms with Gasteiger partial charge in [0.15, 0.2) is 17.5 Å². The molecule has 0 saturated heterocycles. The van der Waals surface area contributed by atoms with Crippen LogP contribution in [0, 0.1) is 5.92 Å². The zero-order valence-corrected chi connectivity index (χ0v) is 15.1. The van der Waals surface area contributed by atoms with Crippen LogP contribution in [0.1, 0.15) is 12.2 Å². The highest BCUT2D eigenvalue weighted by Gasteiger charge is 2.23. The molecule has 0 saturated carbocycles. The van der Waals surface area contributed by atoms with Crippen molar-refractivity contribution >= 4 is 17.2 Å². The van der Waals surface area contributed by atoms with Gasteiger partial charge in [-0.2, -0.15) is 0 Å². The van der Waals surface area contributed by atoms with E-state index in [2.05, 4.69) is 34.3 Å². The van der Waals surface area contributed by atoms with Gasteiger partial charge in [-0.05, 0) is 24.1 Å². The van der Waals surface area contributed by atoms with Gasteiger partial charge in [-0.3, -0.25) is 4.98 Å². The Morgan fingerprint density at radius 1 is 0.889 bits per heavy atom. The molecular weight excluding hydrogens is 356 g/mol. The van der Waals surface area contributed by atoms with E-state index in [9.17, 15) is 0 Å². The van der Waals surface area contributed by atoms with Gasteiger partial charge in [-0.15, -0.1) is 0 Å². The smallest absolute Gasteiger partial charge is 0.182 e. The Labute approximate surface area is 162 Å². The second-order valence-electron chi connectivity index (χ2n) is 6.53. The van der Waals surface area contributed by atoms with Crippen molar-refractivity contribution in [2.24, 2.45) is 5.92 Å². The van der Waals surface area contributed by atoms with Crippen LogP contribution in [0.4, 0.5) is 0 Å². The highest BCUT2D eigenvalue weighted by Crippen LogP contribution is 2.37. The standard InChI is InChI=1S/C22H15ClN4/c23-18-10-11-24-19(13-18)22-26-20(14-4-2-1-3-5-14)25-21(27-22)15-6-8-16-12-17(16)9-7-15/h1-8,10-13,17H,9H2. The molecule has 3 aromatic rings. The van der Waals surface area contributed by atoms with Crippen LogP contribution in [-0.4, -0.2) is 19.9 Å². The zero-order valence-electron chi connectivity index (χ0n) is 14.4. The van der Waals surface area contributed by atoms with Gasteiger partial charge in [0.1, 0.15) is 5.69 Å². The number of aromatic nitrogens is 4. The molecule has 1 unspecified atom stereocenters. The maximum atomic E-state index is 6.14. The summed E-state index contributed by atoms with van der Waals surface area (Å²) in [6.45, 7) is 0. The molecule has 0 N–H and O–H groups in total. The maximum Gasteiger partial charge on any atom is 0.182 e. The number of allylic oxidation sites excluding steroid dienone is 6. The fourth-order valence-corrected chi connectivity index (χ4v) is 3.26. The number of benzene rings is 1. The van der Waals surface area contributed by atoms with Gasteiger partial charge in [0.2, 0.25) is 0 Å². The van der Waals surface area contributed by atoms with E-state index in [1.165, 1.54) is 5.57 Å². The fourth-order valence-electron chi connectivity index (χ4n) is 3.10. The molecule has 2 aliphatic rings. The summed E-state index contributed by atoms with van der Waals surface area (Å²) in [6.07, 6.45) is 11.3. The summed E-state index contributed by atoms with van der Waals surface area (Å²) in [5, 5.41) is 0.601. The Hall–Kier alpha value is -3.11. The third-order valence-corrected chi connectivity index (χ3v) is 4.87. The Kier molecular flexibility index (Phi) is 3.91. The zero-order chi connectivity index (χ0) is 18.2. The van der Waals surface area contributed by atoms with Crippen molar-refractivity contribution in [2.45, 2.75) is 6.42 Å². The van der Waals surface area contributed by atoms with Crippen LogP contribution in [0.15, 0.2) is 78.5 Å². The molecule has 5 rings (SSSR count). The molecule has 2 heterocycles. The second kappa shape index (κ2) is 6.56. The monoisotopic (exact) mass is 370 g/mol. The minimum atomic E-state index is 0.518. The molecule has 130 valence electrons. The first-order chi connectivity index (χ1) is 13.3. The minimum Gasteiger partial charge on any atom is -0.253 e. The summed E-state index contributed by atoms with van der Waals surface area (Å²) in [4.78, 5) is 18.5. The first kappa shape index (κ1) is 16.1. The molecule has 0 amide bonds. The minimum absolute atomic E-state index is 0.518. The van der Waals surface area contributed by atoms with Gasteiger partial charge in [-0.25, -0.2) is 15.0 Å². The lowest BCUT2D eigenvalue weighted by Crippen LogP contribution is -2.03. The molecule has 4 nitrogen and oxygen atoms in total. The van der Waals surface area contributed by atoms with E-state index in [1.54, 1.807) is 18.3 Å². The SMILES string of the molecule is Clc1ccnc(-c2nc(C3=CCC4C=C4C=C3)nc(-c3ccccc3)n2)c1. The molecule has 5 heteroatoms. The summed E-state index contributed by atoms with van der Waals surface area (Å²) < 4.78 is 0. The lowest BCUT2D eigenvalue weighted by atomic mass is 10.1. The van der Waals surface area contributed by atoms with E-state index in [-0.39, 0.29) is 0 Å². The maximum absolute atomic E-state index is 6.14. The lowest BCUT2D eigenvalue weighted by Gasteiger charge is -2.08. The van der Waals surface area contributed by atoms with Gasteiger partial charge in [-0.1, -0.05) is 66.2 Å². The normalized spacial score (nSPS) is 17.6. The fraction of sp³-hybridized carbons (Fsp3) is 0.0909. The van der Waals surface area contributed by atoms with E-state index in [1.807, 2.05) is 30.3 Å². The van der Waals surface area contributed by atoms with Gasteiger partial charge >= 0.3 is 0 Å².